The van der Waals surface area contributed by atoms with E-state index in [1.54, 1.807) is 0 Å². The summed E-state index contributed by atoms with van der Waals surface area (Å²) in [7, 11) is 0. The molecule has 20 heavy (non-hydrogen) atoms. The van der Waals surface area contributed by atoms with Crippen molar-refractivity contribution in [2.45, 2.75) is 58.0 Å². The van der Waals surface area contributed by atoms with Gasteiger partial charge in [0.15, 0.2) is 0 Å². The minimum Gasteiger partial charge on any atom is -0.323 e. The van der Waals surface area contributed by atoms with Crippen LogP contribution in [0.1, 0.15) is 56.7 Å². The highest BCUT2D eigenvalue weighted by Gasteiger charge is 2.35. The average molecular weight is 272 g/mol. The van der Waals surface area contributed by atoms with Gasteiger partial charge in [-0.15, -0.1) is 0 Å². The highest BCUT2D eigenvalue weighted by atomic mass is 15.2. The third kappa shape index (κ3) is 2.51. The molecule has 1 aromatic rings. The Balaban J connectivity index is 1.71. The third-order valence-corrected chi connectivity index (χ3v) is 5.87. The molecule has 3 rings (SSSR count). The van der Waals surface area contributed by atoms with Crippen molar-refractivity contribution in [3.8, 4) is 0 Å². The van der Waals surface area contributed by atoms with Crippen LogP contribution in [0, 0.1) is 5.41 Å². The van der Waals surface area contributed by atoms with Crippen LogP contribution in [-0.4, -0.2) is 24.0 Å². The molecule has 2 nitrogen and oxygen atoms in total. The molecule has 1 aromatic carbocycles. The predicted octanol–water partition coefficient (Wildman–Crippen LogP) is 3.51. The molecule has 1 saturated heterocycles. The van der Waals surface area contributed by atoms with E-state index >= 15 is 0 Å². The zero-order chi connectivity index (χ0) is 14.2. The summed E-state index contributed by atoms with van der Waals surface area (Å²) in [6.07, 6.45) is 6.38. The maximum Gasteiger partial charge on any atom is 0.0455 e. The lowest BCUT2D eigenvalue weighted by Crippen LogP contribution is -2.50. The molecule has 0 spiro atoms. The lowest BCUT2D eigenvalue weighted by atomic mass is 9.76. The van der Waals surface area contributed by atoms with E-state index in [9.17, 15) is 0 Å². The van der Waals surface area contributed by atoms with Gasteiger partial charge in [0.1, 0.15) is 0 Å². The number of hydrogen-bond acceptors (Lipinski definition) is 2. The Hall–Kier alpha value is -0.860. The average Bonchev–Trinajstić information content (AvgIpc) is 2.49. The van der Waals surface area contributed by atoms with Crippen molar-refractivity contribution < 1.29 is 0 Å². The highest BCUT2D eigenvalue weighted by Crippen LogP contribution is 2.38. The first-order valence-corrected chi connectivity index (χ1v) is 8.20. The Morgan fingerprint density at radius 1 is 1.25 bits per heavy atom. The van der Waals surface area contributed by atoms with Gasteiger partial charge in [0.05, 0.1) is 0 Å². The molecule has 0 amide bonds. The van der Waals surface area contributed by atoms with Gasteiger partial charge in [-0.25, -0.2) is 0 Å². The minimum atomic E-state index is 0.200. The van der Waals surface area contributed by atoms with Crippen LogP contribution in [0.4, 0.5) is 0 Å². The van der Waals surface area contributed by atoms with E-state index in [0.29, 0.717) is 11.5 Å². The fourth-order valence-corrected chi connectivity index (χ4v) is 3.94. The number of nitrogens with zero attached hydrogens (tertiary/aromatic N) is 1. The standard InChI is InChI=1S/C18H28N2/c1-3-18(2)10-12-20(13-11-18)16-9-8-14-6-4-5-7-15(14)17(16)19/h4-7,16-17H,3,8-13,19H2,1-2H3. The number of likely N-dealkylation sites (tertiary alicyclic amines) is 1. The summed E-state index contributed by atoms with van der Waals surface area (Å²) < 4.78 is 0. The molecule has 2 N–H and O–H groups in total. The van der Waals surface area contributed by atoms with E-state index in [1.165, 1.54) is 56.3 Å². The SMILES string of the molecule is CCC1(C)CCN(C2CCc3ccccc3C2N)CC1. The van der Waals surface area contributed by atoms with Gasteiger partial charge in [0.25, 0.3) is 0 Å². The van der Waals surface area contributed by atoms with E-state index in [4.69, 9.17) is 5.73 Å². The molecule has 1 fully saturated rings. The molecule has 0 bridgehead atoms. The molecular weight excluding hydrogens is 244 g/mol. The summed E-state index contributed by atoms with van der Waals surface area (Å²) in [6, 6.07) is 9.49. The first-order valence-electron chi connectivity index (χ1n) is 8.20. The number of fused-ring (bicyclic) bond motifs is 1. The maximum absolute atomic E-state index is 6.58. The lowest BCUT2D eigenvalue weighted by molar-refractivity contribution is 0.0639. The lowest BCUT2D eigenvalue weighted by Gasteiger charge is -2.45. The van der Waals surface area contributed by atoms with Gasteiger partial charge < -0.3 is 5.73 Å². The molecule has 1 aliphatic heterocycles. The topological polar surface area (TPSA) is 29.3 Å². The van der Waals surface area contributed by atoms with Crippen molar-refractivity contribution in [3.63, 3.8) is 0 Å². The monoisotopic (exact) mass is 272 g/mol. The Bertz CT molecular complexity index is 460. The van der Waals surface area contributed by atoms with Gasteiger partial charge in [-0.2, -0.15) is 0 Å². The fraction of sp³-hybridized carbons (Fsp3) is 0.667. The highest BCUT2D eigenvalue weighted by molar-refractivity contribution is 5.33. The molecule has 0 radical (unpaired) electrons. The van der Waals surface area contributed by atoms with E-state index in [-0.39, 0.29) is 6.04 Å². The number of benzene rings is 1. The van der Waals surface area contributed by atoms with Crippen LogP contribution < -0.4 is 5.73 Å². The first kappa shape index (κ1) is 14.1. The normalized spacial score (nSPS) is 29.9. The Morgan fingerprint density at radius 3 is 2.65 bits per heavy atom. The maximum atomic E-state index is 6.58. The second-order valence-electron chi connectivity index (χ2n) is 7.03. The molecular formula is C18H28N2. The number of piperidine rings is 1. The van der Waals surface area contributed by atoms with Crippen molar-refractivity contribution in [1.82, 2.24) is 4.90 Å². The van der Waals surface area contributed by atoms with Crippen molar-refractivity contribution in [2.75, 3.05) is 13.1 Å². The molecule has 0 aromatic heterocycles. The number of nitrogens with two attached hydrogens (primary N) is 1. The molecule has 1 heterocycles. The van der Waals surface area contributed by atoms with Gasteiger partial charge >= 0.3 is 0 Å². The van der Waals surface area contributed by atoms with Crippen LogP contribution in [0.3, 0.4) is 0 Å². The second-order valence-corrected chi connectivity index (χ2v) is 7.03. The smallest absolute Gasteiger partial charge is 0.0455 e. The first-order chi connectivity index (χ1) is 9.63. The molecule has 0 saturated carbocycles. The van der Waals surface area contributed by atoms with E-state index in [1.807, 2.05) is 0 Å². The Kier molecular flexibility index (Phi) is 3.87. The van der Waals surface area contributed by atoms with Crippen molar-refractivity contribution >= 4 is 0 Å². The minimum absolute atomic E-state index is 0.200. The summed E-state index contributed by atoms with van der Waals surface area (Å²) in [5.41, 5.74) is 9.99. The summed E-state index contributed by atoms with van der Waals surface area (Å²) in [5.74, 6) is 0. The van der Waals surface area contributed by atoms with Crippen LogP contribution >= 0.6 is 0 Å². The third-order valence-electron chi connectivity index (χ3n) is 5.87. The van der Waals surface area contributed by atoms with E-state index in [2.05, 4.69) is 43.0 Å². The molecule has 1 aliphatic carbocycles. The molecule has 2 aliphatic rings. The summed E-state index contributed by atoms with van der Waals surface area (Å²) in [6.45, 7) is 7.23. The fourth-order valence-electron chi connectivity index (χ4n) is 3.94. The zero-order valence-corrected chi connectivity index (χ0v) is 12.9. The number of hydrogen-bond donors (Lipinski definition) is 1. The quantitative estimate of drug-likeness (QED) is 0.892. The van der Waals surface area contributed by atoms with Gasteiger partial charge in [-0.1, -0.05) is 44.5 Å². The number of rotatable bonds is 2. The zero-order valence-electron chi connectivity index (χ0n) is 12.9. The van der Waals surface area contributed by atoms with Crippen molar-refractivity contribution in [3.05, 3.63) is 35.4 Å². The number of aryl methyl sites for hydroxylation is 1. The molecule has 2 unspecified atom stereocenters. The van der Waals surface area contributed by atoms with Gasteiger partial charge in [0.2, 0.25) is 0 Å². The van der Waals surface area contributed by atoms with Crippen LogP contribution in [0.5, 0.6) is 0 Å². The van der Waals surface area contributed by atoms with Crippen LogP contribution in [0.25, 0.3) is 0 Å². The molecule has 2 atom stereocenters. The summed E-state index contributed by atoms with van der Waals surface area (Å²) >= 11 is 0. The predicted molar refractivity (Wildman–Crippen MR) is 84.7 cm³/mol. The Labute approximate surface area is 123 Å². The van der Waals surface area contributed by atoms with Crippen molar-refractivity contribution in [2.24, 2.45) is 11.1 Å². The largest absolute Gasteiger partial charge is 0.323 e. The Morgan fingerprint density at radius 2 is 1.95 bits per heavy atom. The molecule has 110 valence electrons. The van der Waals surface area contributed by atoms with Gasteiger partial charge in [-0.3, -0.25) is 4.90 Å². The van der Waals surface area contributed by atoms with Crippen LogP contribution in [-0.2, 0) is 6.42 Å². The van der Waals surface area contributed by atoms with Crippen LogP contribution in [0.2, 0.25) is 0 Å². The van der Waals surface area contributed by atoms with Crippen molar-refractivity contribution in [1.29, 1.82) is 0 Å². The summed E-state index contributed by atoms with van der Waals surface area (Å²) in [4.78, 5) is 2.66. The van der Waals surface area contributed by atoms with E-state index < -0.39 is 0 Å². The second kappa shape index (κ2) is 5.50. The summed E-state index contributed by atoms with van der Waals surface area (Å²) in [5, 5.41) is 0. The van der Waals surface area contributed by atoms with Crippen LogP contribution in [0.15, 0.2) is 24.3 Å². The van der Waals surface area contributed by atoms with E-state index in [0.717, 1.165) is 0 Å². The van der Waals surface area contributed by atoms with Gasteiger partial charge in [-0.05, 0) is 55.3 Å². The van der Waals surface area contributed by atoms with Gasteiger partial charge in [0, 0.05) is 12.1 Å². The molecule has 2 heteroatoms.